The van der Waals surface area contributed by atoms with Crippen LogP contribution in [0.1, 0.15) is 28.7 Å². The molecule has 0 bridgehead atoms. The number of halogens is 5. The van der Waals surface area contributed by atoms with E-state index in [-0.39, 0.29) is 78.0 Å². The summed E-state index contributed by atoms with van der Waals surface area (Å²) in [7, 11) is 0. The number of ether oxygens (including phenoxy) is 1. The second kappa shape index (κ2) is 13.7. The van der Waals surface area contributed by atoms with E-state index in [0.29, 0.717) is 32.0 Å². The van der Waals surface area contributed by atoms with Crippen LogP contribution in [0.25, 0.3) is 5.78 Å². The number of morpholine rings is 1. The number of piperazine rings is 1. The Morgan fingerprint density at radius 3 is 2.39 bits per heavy atom. The van der Waals surface area contributed by atoms with Gasteiger partial charge in [-0.25, -0.2) is 4.98 Å². The van der Waals surface area contributed by atoms with Crippen molar-refractivity contribution in [1.29, 1.82) is 0 Å². The molecular formula is C30H30Cl2F3N9O5. The van der Waals surface area contributed by atoms with Gasteiger partial charge in [-0.2, -0.15) is 22.7 Å². The van der Waals surface area contributed by atoms with Gasteiger partial charge >= 0.3 is 6.18 Å². The molecule has 5 heterocycles. The Bertz CT molecular complexity index is 1970. The van der Waals surface area contributed by atoms with Crippen LogP contribution in [0.4, 0.5) is 30.5 Å². The van der Waals surface area contributed by atoms with E-state index in [4.69, 9.17) is 27.9 Å². The first-order chi connectivity index (χ1) is 23.4. The van der Waals surface area contributed by atoms with Gasteiger partial charge in [0.15, 0.2) is 11.4 Å². The Hall–Kier alpha value is -4.61. The monoisotopic (exact) mass is 723 g/mol. The number of aromatic hydroxyl groups is 1. The van der Waals surface area contributed by atoms with Crippen LogP contribution in [0.5, 0.6) is 5.75 Å². The summed E-state index contributed by atoms with van der Waals surface area (Å²) in [4.78, 5) is 54.5. The third-order valence-corrected chi connectivity index (χ3v) is 8.89. The van der Waals surface area contributed by atoms with E-state index in [1.165, 1.54) is 17.2 Å². The molecule has 2 saturated heterocycles. The molecule has 260 valence electrons. The molecule has 1 aromatic carbocycles. The lowest BCUT2D eigenvalue weighted by atomic mass is 10.2. The average molecular weight is 725 g/mol. The molecule has 0 saturated carbocycles. The standard InChI is InChI=1S/C30H30Cl2F3N9O5/c1-2-21-24(40-7-9-41(10-8-40)26(47)23-25(46)18(31)5-6-36-23)27(48)44-29(38-28(39-44)42-11-13-49-14-12-42)43(21)16-22(45)37-20-4-3-17(15-19(20)32)30(33,34)35/h3-6,15,46H,2,7-14,16H2,1H3,(H,37,45). The van der Waals surface area contributed by atoms with Gasteiger partial charge in [0.2, 0.25) is 17.6 Å². The van der Waals surface area contributed by atoms with Crippen molar-refractivity contribution in [3.8, 4) is 5.75 Å². The van der Waals surface area contributed by atoms with Gasteiger partial charge in [0, 0.05) is 45.5 Å². The number of carbonyl (C=O) groups excluding carboxylic acids is 2. The maximum Gasteiger partial charge on any atom is 0.416 e. The van der Waals surface area contributed by atoms with Crippen molar-refractivity contribution in [2.24, 2.45) is 0 Å². The van der Waals surface area contributed by atoms with Gasteiger partial charge in [-0.1, -0.05) is 30.1 Å². The summed E-state index contributed by atoms with van der Waals surface area (Å²) in [6, 6.07) is 3.98. The highest BCUT2D eigenvalue weighted by Gasteiger charge is 2.32. The lowest BCUT2D eigenvalue weighted by Gasteiger charge is -2.36. The van der Waals surface area contributed by atoms with E-state index >= 15 is 0 Å². The maximum atomic E-state index is 14.1. The molecule has 2 N–H and O–H groups in total. The van der Waals surface area contributed by atoms with E-state index in [1.54, 1.807) is 9.47 Å². The Kier molecular flexibility index (Phi) is 9.59. The Balaban J connectivity index is 1.34. The quantitative estimate of drug-likeness (QED) is 0.291. The minimum absolute atomic E-state index is 0.00709. The van der Waals surface area contributed by atoms with Gasteiger partial charge in [0.25, 0.3) is 11.5 Å². The van der Waals surface area contributed by atoms with Crippen LogP contribution in [0.3, 0.4) is 0 Å². The highest BCUT2D eigenvalue weighted by molar-refractivity contribution is 6.33. The normalized spacial score (nSPS) is 15.6. The predicted molar refractivity (Wildman–Crippen MR) is 174 cm³/mol. The summed E-state index contributed by atoms with van der Waals surface area (Å²) >= 11 is 12.1. The van der Waals surface area contributed by atoms with Crippen molar-refractivity contribution in [1.82, 2.24) is 29.0 Å². The molecule has 2 aliphatic rings. The number of rotatable bonds is 7. The topological polar surface area (TPSA) is 150 Å². The van der Waals surface area contributed by atoms with Gasteiger partial charge in [-0.3, -0.25) is 14.4 Å². The fourth-order valence-electron chi connectivity index (χ4n) is 5.81. The van der Waals surface area contributed by atoms with Crippen molar-refractivity contribution < 1.29 is 32.6 Å². The molecular weight excluding hydrogens is 694 g/mol. The van der Waals surface area contributed by atoms with Gasteiger partial charge in [-0.15, -0.1) is 5.10 Å². The average Bonchev–Trinajstić information content (AvgIpc) is 3.54. The van der Waals surface area contributed by atoms with E-state index in [1.807, 2.05) is 11.8 Å². The summed E-state index contributed by atoms with van der Waals surface area (Å²) in [5.74, 6) is -1.21. The minimum Gasteiger partial charge on any atom is -0.504 e. The molecule has 19 heteroatoms. The number of aromatic nitrogens is 5. The van der Waals surface area contributed by atoms with E-state index in [9.17, 15) is 32.7 Å². The molecule has 2 aliphatic heterocycles. The third-order valence-electron chi connectivity index (χ3n) is 8.28. The number of benzene rings is 1. The van der Waals surface area contributed by atoms with Crippen LogP contribution in [0, 0.1) is 0 Å². The SMILES string of the molecule is CCc1c(N2CCN(C(=O)c3nccc(Cl)c3O)CC2)c(=O)n2nc(N3CCOCC3)nc2n1CC(=O)Nc1ccc(C(F)(F)F)cc1Cl. The number of nitrogens with one attached hydrogen (secondary N) is 1. The summed E-state index contributed by atoms with van der Waals surface area (Å²) in [6.45, 7) is 4.07. The molecule has 4 aromatic rings. The first-order valence-electron chi connectivity index (χ1n) is 15.3. The van der Waals surface area contributed by atoms with Crippen molar-refractivity contribution in [3.63, 3.8) is 0 Å². The zero-order chi connectivity index (χ0) is 35.0. The lowest BCUT2D eigenvalue weighted by Crippen LogP contribution is -2.51. The van der Waals surface area contributed by atoms with Gasteiger partial charge in [0.1, 0.15) is 12.2 Å². The lowest BCUT2D eigenvalue weighted by molar-refractivity contribution is -0.137. The predicted octanol–water partition coefficient (Wildman–Crippen LogP) is 3.32. The molecule has 14 nitrogen and oxygen atoms in total. The number of fused-ring (bicyclic) bond motifs is 1. The molecule has 0 atom stereocenters. The fourth-order valence-corrected chi connectivity index (χ4v) is 6.19. The molecule has 2 fully saturated rings. The summed E-state index contributed by atoms with van der Waals surface area (Å²) < 4.78 is 47.6. The highest BCUT2D eigenvalue weighted by Crippen LogP contribution is 2.34. The minimum atomic E-state index is -4.61. The van der Waals surface area contributed by atoms with Gasteiger partial charge < -0.3 is 34.4 Å². The van der Waals surface area contributed by atoms with Gasteiger partial charge in [-0.05, 0) is 30.7 Å². The molecule has 0 spiro atoms. The van der Waals surface area contributed by atoms with Crippen LogP contribution in [-0.2, 0) is 28.7 Å². The van der Waals surface area contributed by atoms with Gasteiger partial charge in [0.05, 0.1) is 40.2 Å². The van der Waals surface area contributed by atoms with Crippen molar-refractivity contribution >= 4 is 58.1 Å². The number of alkyl halides is 3. The molecule has 0 unspecified atom stereocenters. The van der Waals surface area contributed by atoms with E-state index in [2.05, 4.69) is 20.4 Å². The van der Waals surface area contributed by atoms with Crippen molar-refractivity contribution in [3.05, 3.63) is 67.8 Å². The van der Waals surface area contributed by atoms with E-state index in [0.717, 1.165) is 22.7 Å². The van der Waals surface area contributed by atoms with Crippen LogP contribution in [0.15, 0.2) is 35.3 Å². The molecule has 0 radical (unpaired) electrons. The molecule has 49 heavy (non-hydrogen) atoms. The number of amides is 2. The van der Waals surface area contributed by atoms with Crippen molar-refractivity contribution in [2.75, 3.05) is 67.6 Å². The molecule has 3 aromatic heterocycles. The molecule has 0 aliphatic carbocycles. The van der Waals surface area contributed by atoms with Crippen LogP contribution < -0.4 is 20.7 Å². The van der Waals surface area contributed by atoms with Crippen LogP contribution >= 0.6 is 23.2 Å². The number of anilines is 3. The number of hydrogen-bond acceptors (Lipinski definition) is 10. The number of carbonyl (C=O) groups is 2. The number of pyridine rings is 1. The van der Waals surface area contributed by atoms with Crippen molar-refractivity contribution in [2.45, 2.75) is 26.1 Å². The smallest absolute Gasteiger partial charge is 0.416 e. The Labute approximate surface area is 286 Å². The first-order valence-corrected chi connectivity index (χ1v) is 16.0. The van der Waals surface area contributed by atoms with E-state index < -0.39 is 34.9 Å². The largest absolute Gasteiger partial charge is 0.504 e. The second-order valence-corrected chi connectivity index (χ2v) is 12.1. The highest BCUT2D eigenvalue weighted by atomic mass is 35.5. The molecule has 6 rings (SSSR count). The zero-order valence-electron chi connectivity index (χ0n) is 26.0. The fraction of sp³-hybridized carbons (Fsp3) is 0.400. The summed E-state index contributed by atoms with van der Waals surface area (Å²) in [6.07, 6.45) is -3.00. The Morgan fingerprint density at radius 2 is 1.73 bits per heavy atom. The molecule has 2 amide bonds. The second-order valence-electron chi connectivity index (χ2n) is 11.3. The van der Waals surface area contributed by atoms with Crippen LogP contribution in [0.2, 0.25) is 10.0 Å². The summed E-state index contributed by atoms with van der Waals surface area (Å²) in [5.41, 5.74) is -0.930. The Morgan fingerprint density at radius 1 is 1.02 bits per heavy atom. The summed E-state index contributed by atoms with van der Waals surface area (Å²) in [5, 5.41) is 17.0. The number of hydrogen-bond donors (Lipinski definition) is 2. The van der Waals surface area contributed by atoms with Crippen LogP contribution in [-0.4, -0.2) is 98.5 Å². The number of nitrogens with zero attached hydrogens (tertiary/aromatic N) is 8. The zero-order valence-corrected chi connectivity index (χ0v) is 27.5. The first kappa shape index (κ1) is 34.3. The maximum absolute atomic E-state index is 14.1. The third kappa shape index (κ3) is 6.82.